The van der Waals surface area contributed by atoms with E-state index in [-0.39, 0.29) is 0 Å². The molecule has 18 heavy (non-hydrogen) atoms. The van der Waals surface area contributed by atoms with Gasteiger partial charge in [0.1, 0.15) is 0 Å². The molecular weight excluding hydrogens is 218 g/mol. The molecule has 0 bridgehead atoms. The number of benzene rings is 1. The highest BCUT2D eigenvalue weighted by Gasteiger charge is 2.63. The fraction of sp³-hybridized carbons (Fsp3) is 0.529. The van der Waals surface area contributed by atoms with E-state index in [0.717, 1.165) is 24.6 Å². The largest absolute Gasteiger partial charge is 0.306 e. The number of hydrogen-bond acceptors (Lipinski definition) is 1. The Labute approximate surface area is 111 Å². The van der Waals surface area contributed by atoms with E-state index in [1.54, 1.807) is 0 Å². The van der Waals surface area contributed by atoms with E-state index in [1.165, 1.54) is 0 Å². The molecule has 0 aromatic heterocycles. The highest BCUT2D eigenvalue weighted by atomic mass is 14.9. The summed E-state index contributed by atoms with van der Waals surface area (Å²) in [5.41, 5.74) is 2.02. The van der Waals surface area contributed by atoms with Crippen LogP contribution in [0.5, 0.6) is 0 Å². The molecule has 1 heteroatoms. The van der Waals surface area contributed by atoms with Gasteiger partial charge in [0.15, 0.2) is 0 Å². The Morgan fingerprint density at radius 1 is 1.06 bits per heavy atom. The summed E-state index contributed by atoms with van der Waals surface area (Å²) in [6, 6.07) is 10.1. The second-order valence-electron chi connectivity index (χ2n) is 6.29. The van der Waals surface area contributed by atoms with Crippen molar-refractivity contribution in [2.75, 3.05) is 13.1 Å². The van der Waals surface area contributed by atoms with Gasteiger partial charge in [0, 0.05) is 5.56 Å². The Balaban J connectivity index is 1.74. The van der Waals surface area contributed by atoms with Gasteiger partial charge in [-0.3, -0.25) is 0 Å². The molecule has 0 spiro atoms. The van der Waals surface area contributed by atoms with Gasteiger partial charge < -0.3 is 5.32 Å². The molecule has 2 rings (SSSR count). The van der Waals surface area contributed by atoms with Gasteiger partial charge in [-0.25, -0.2) is 0 Å². The second-order valence-corrected chi connectivity index (χ2v) is 6.29. The summed E-state index contributed by atoms with van der Waals surface area (Å²) in [7, 11) is 0. The van der Waals surface area contributed by atoms with Crippen molar-refractivity contribution in [1.29, 1.82) is 0 Å². The third-order valence-corrected chi connectivity index (χ3v) is 4.89. The average Bonchev–Trinajstić information content (AvgIpc) is 2.72. The van der Waals surface area contributed by atoms with E-state index in [9.17, 15) is 0 Å². The van der Waals surface area contributed by atoms with Crippen LogP contribution in [0.4, 0.5) is 0 Å². The third kappa shape index (κ3) is 2.44. The third-order valence-electron chi connectivity index (χ3n) is 4.89. The Morgan fingerprint density at radius 2 is 1.67 bits per heavy atom. The molecule has 1 nitrogen and oxygen atoms in total. The number of hydrogen-bond donors (Lipinski definition) is 1. The molecule has 1 saturated carbocycles. The Kier molecular flexibility index (Phi) is 3.50. The molecule has 1 aliphatic rings. The summed E-state index contributed by atoms with van der Waals surface area (Å²) in [4.78, 5) is 0. The highest BCUT2D eigenvalue weighted by molar-refractivity contribution is 5.33. The van der Waals surface area contributed by atoms with Crippen LogP contribution >= 0.6 is 0 Å². The maximum Gasteiger partial charge on any atom is 0.0580 e. The van der Waals surface area contributed by atoms with Gasteiger partial charge in [-0.2, -0.15) is 0 Å². The van der Waals surface area contributed by atoms with Crippen molar-refractivity contribution >= 4 is 0 Å². The molecule has 1 fully saturated rings. The zero-order valence-electron chi connectivity index (χ0n) is 11.9. The van der Waals surface area contributed by atoms with E-state index >= 15 is 0 Å². The van der Waals surface area contributed by atoms with Gasteiger partial charge >= 0.3 is 0 Å². The molecule has 1 N–H and O–H groups in total. The van der Waals surface area contributed by atoms with Crippen LogP contribution in [-0.2, 0) is 0 Å². The fourth-order valence-corrected chi connectivity index (χ4v) is 2.79. The molecule has 0 saturated heterocycles. The molecule has 0 radical (unpaired) electrons. The lowest BCUT2D eigenvalue weighted by molar-refractivity contribution is 0.457. The maximum absolute atomic E-state index is 3.46. The summed E-state index contributed by atoms with van der Waals surface area (Å²) >= 11 is 0. The lowest BCUT2D eigenvalue weighted by Gasteiger charge is -2.04. The Hall–Kier alpha value is -1.26. The quantitative estimate of drug-likeness (QED) is 0.632. The van der Waals surface area contributed by atoms with E-state index < -0.39 is 0 Å². The zero-order valence-corrected chi connectivity index (χ0v) is 11.9. The van der Waals surface area contributed by atoms with Gasteiger partial charge in [-0.15, -0.1) is 0 Å². The predicted octanol–water partition coefficient (Wildman–Crippen LogP) is 3.31. The zero-order chi connectivity index (χ0) is 13.2. The minimum atomic E-state index is 0.465. The van der Waals surface area contributed by atoms with Crippen molar-refractivity contribution < 1.29 is 0 Å². The van der Waals surface area contributed by atoms with E-state index in [4.69, 9.17) is 0 Å². The molecule has 0 heterocycles. The van der Waals surface area contributed by atoms with Crippen LogP contribution in [0.2, 0.25) is 0 Å². The molecule has 1 aliphatic carbocycles. The van der Waals surface area contributed by atoms with Gasteiger partial charge in [0.25, 0.3) is 0 Å². The molecule has 0 unspecified atom stereocenters. The van der Waals surface area contributed by atoms with Crippen molar-refractivity contribution in [3.63, 3.8) is 0 Å². The monoisotopic (exact) mass is 241 g/mol. The van der Waals surface area contributed by atoms with Gasteiger partial charge in [0.05, 0.1) is 6.54 Å². The first-order valence-corrected chi connectivity index (χ1v) is 6.71. The Bertz CT molecular complexity index is 445. The normalized spacial score (nSPS) is 20.0. The molecule has 0 atom stereocenters. The van der Waals surface area contributed by atoms with Crippen molar-refractivity contribution in [2.45, 2.75) is 27.7 Å². The van der Waals surface area contributed by atoms with Gasteiger partial charge in [0.2, 0.25) is 0 Å². The summed E-state index contributed by atoms with van der Waals surface area (Å²) in [6.07, 6.45) is 0. The summed E-state index contributed by atoms with van der Waals surface area (Å²) in [6.45, 7) is 11.3. The maximum atomic E-state index is 3.46. The van der Waals surface area contributed by atoms with Crippen LogP contribution < -0.4 is 5.32 Å². The highest BCUT2D eigenvalue weighted by Crippen LogP contribution is 2.67. The smallest absolute Gasteiger partial charge is 0.0580 e. The SMILES string of the molecule is CC1(C)C(CNCC#Cc2ccccc2)C1(C)C. The summed E-state index contributed by atoms with van der Waals surface area (Å²) < 4.78 is 0. The van der Waals surface area contributed by atoms with Crippen molar-refractivity contribution in [3.05, 3.63) is 35.9 Å². The minimum absolute atomic E-state index is 0.465. The van der Waals surface area contributed by atoms with E-state index in [2.05, 4.69) is 44.9 Å². The number of rotatable bonds is 3. The fourth-order valence-electron chi connectivity index (χ4n) is 2.79. The van der Waals surface area contributed by atoms with Crippen LogP contribution in [0, 0.1) is 28.6 Å². The van der Waals surface area contributed by atoms with Crippen LogP contribution in [0.15, 0.2) is 30.3 Å². The topological polar surface area (TPSA) is 12.0 Å². The molecule has 0 amide bonds. The van der Waals surface area contributed by atoms with Gasteiger partial charge in [-0.1, -0.05) is 57.7 Å². The first-order chi connectivity index (χ1) is 8.46. The minimum Gasteiger partial charge on any atom is -0.306 e. The lowest BCUT2D eigenvalue weighted by Crippen LogP contribution is -2.19. The molecule has 0 aliphatic heterocycles. The molecule has 96 valence electrons. The standard InChI is InChI=1S/C17H23N/c1-16(2)15(17(16,3)4)13-18-12-8-11-14-9-6-5-7-10-14/h5-7,9-10,15,18H,12-13H2,1-4H3. The molecular formula is C17H23N. The van der Waals surface area contributed by atoms with E-state index in [0.29, 0.717) is 10.8 Å². The second kappa shape index (κ2) is 4.78. The van der Waals surface area contributed by atoms with Crippen LogP contribution in [0.3, 0.4) is 0 Å². The first kappa shape index (κ1) is 13.2. The average molecular weight is 241 g/mol. The lowest BCUT2D eigenvalue weighted by atomic mass is 10.0. The van der Waals surface area contributed by atoms with Crippen molar-refractivity contribution in [2.24, 2.45) is 16.7 Å². The van der Waals surface area contributed by atoms with Gasteiger partial charge in [-0.05, 0) is 35.4 Å². The Morgan fingerprint density at radius 3 is 2.22 bits per heavy atom. The summed E-state index contributed by atoms with van der Waals surface area (Å²) in [5.74, 6) is 7.11. The first-order valence-electron chi connectivity index (χ1n) is 6.71. The predicted molar refractivity (Wildman–Crippen MR) is 77.2 cm³/mol. The number of nitrogens with one attached hydrogen (secondary N) is 1. The summed E-state index contributed by atoms with van der Waals surface area (Å²) in [5, 5.41) is 3.46. The molecule has 1 aromatic carbocycles. The van der Waals surface area contributed by atoms with Crippen molar-refractivity contribution in [1.82, 2.24) is 5.32 Å². The van der Waals surface area contributed by atoms with Crippen molar-refractivity contribution in [3.8, 4) is 11.8 Å². The van der Waals surface area contributed by atoms with Crippen LogP contribution in [0.1, 0.15) is 33.3 Å². The van der Waals surface area contributed by atoms with Crippen LogP contribution in [-0.4, -0.2) is 13.1 Å². The van der Waals surface area contributed by atoms with Crippen LogP contribution in [0.25, 0.3) is 0 Å². The molecule has 1 aromatic rings. The van der Waals surface area contributed by atoms with E-state index in [1.807, 2.05) is 30.3 Å².